The molecule has 1 fully saturated rings. The van der Waals surface area contributed by atoms with Crippen LogP contribution in [0.3, 0.4) is 0 Å². The first-order valence-corrected chi connectivity index (χ1v) is 5.68. The summed E-state index contributed by atoms with van der Waals surface area (Å²) in [7, 11) is 0. The fourth-order valence-electron chi connectivity index (χ4n) is 1.93. The normalized spacial score (nSPS) is 25.9. The largest absolute Gasteiger partial charge is 0.394 e. The van der Waals surface area contributed by atoms with Crippen molar-refractivity contribution >= 4 is 5.82 Å². The number of hydrogen-bond donors (Lipinski definition) is 3. The number of aliphatic hydroxyl groups excluding tert-OH is 2. The predicted molar refractivity (Wildman–Crippen MR) is 66.8 cm³/mol. The van der Waals surface area contributed by atoms with Gasteiger partial charge >= 0.3 is 5.69 Å². The average molecular weight is 264 g/mol. The molecule has 101 valence electrons. The van der Waals surface area contributed by atoms with E-state index in [-0.39, 0.29) is 18.8 Å². The lowest BCUT2D eigenvalue weighted by Crippen LogP contribution is -2.28. The Labute approximate surface area is 109 Å². The van der Waals surface area contributed by atoms with E-state index in [4.69, 9.17) is 15.6 Å². The van der Waals surface area contributed by atoms with Gasteiger partial charge in [-0.05, 0) is 0 Å². The summed E-state index contributed by atoms with van der Waals surface area (Å²) in [6.07, 6.45) is -0.634. The second kappa shape index (κ2) is 5.40. The molecule has 1 aromatic heterocycles. The van der Waals surface area contributed by atoms with Crippen molar-refractivity contribution in [1.29, 1.82) is 0 Å². The molecule has 19 heavy (non-hydrogen) atoms. The molecule has 0 aromatic carbocycles. The Balaban J connectivity index is 2.37. The summed E-state index contributed by atoms with van der Waals surface area (Å²) < 4.78 is 6.58. The number of aliphatic hydroxyl groups is 2. The number of nitrogens with zero attached hydrogens (tertiary/aromatic N) is 2. The van der Waals surface area contributed by atoms with Crippen molar-refractivity contribution in [1.82, 2.24) is 9.55 Å². The maximum Gasteiger partial charge on any atom is 0.351 e. The van der Waals surface area contributed by atoms with Crippen LogP contribution in [0.4, 0.5) is 5.82 Å². The molecule has 0 saturated carbocycles. The van der Waals surface area contributed by atoms with E-state index in [0.29, 0.717) is 5.56 Å². The summed E-state index contributed by atoms with van der Waals surface area (Å²) in [4.78, 5) is 15.4. The van der Waals surface area contributed by atoms with E-state index in [1.165, 1.54) is 10.8 Å². The fourth-order valence-corrected chi connectivity index (χ4v) is 1.93. The summed E-state index contributed by atoms with van der Waals surface area (Å²) in [5.41, 5.74) is 5.34. The van der Waals surface area contributed by atoms with Crippen molar-refractivity contribution in [2.24, 2.45) is 0 Å². The molecule has 0 unspecified atom stereocenters. The predicted octanol–water partition coefficient (Wildman–Crippen LogP) is -1.35. The third-order valence-corrected chi connectivity index (χ3v) is 2.90. The van der Waals surface area contributed by atoms with Crippen molar-refractivity contribution in [2.75, 3.05) is 12.3 Å². The van der Waals surface area contributed by atoms with Crippen molar-refractivity contribution in [3.8, 4) is 11.8 Å². The molecule has 2 heterocycles. The summed E-state index contributed by atoms with van der Waals surface area (Å²) in [6, 6.07) is 0. The van der Waals surface area contributed by atoms with Crippen LogP contribution >= 0.6 is 0 Å². The van der Waals surface area contributed by atoms with E-state index in [0.717, 1.165) is 0 Å². The zero-order valence-electron chi connectivity index (χ0n) is 10.1. The first kappa shape index (κ1) is 13.5. The molecular formula is C12H14N3O4. The number of nitrogen functional groups attached to an aromatic ring is 1. The van der Waals surface area contributed by atoms with Gasteiger partial charge in [-0.15, -0.1) is 0 Å². The van der Waals surface area contributed by atoms with Crippen molar-refractivity contribution in [2.45, 2.75) is 24.9 Å². The first-order chi connectivity index (χ1) is 9.06. The maximum atomic E-state index is 11.8. The smallest absolute Gasteiger partial charge is 0.351 e. The number of aromatic nitrogens is 2. The number of anilines is 1. The molecule has 0 bridgehead atoms. The Hall–Kier alpha value is -1.88. The third kappa shape index (κ3) is 2.61. The van der Waals surface area contributed by atoms with Crippen LogP contribution in [0.5, 0.6) is 0 Å². The van der Waals surface area contributed by atoms with Crippen LogP contribution < -0.4 is 11.4 Å². The standard InChI is InChI=1S/C12H14N3O4/c1-2-3-7-5-15(12(18)14-11(7)13)10-4-8(17)9(6-16)19-10/h5,8-10,16-17H,1,4,6H2,(H2,13,14,18)/t8-,9+,10+/m0/s1. The van der Waals surface area contributed by atoms with Gasteiger partial charge in [0.15, 0.2) is 0 Å². The summed E-state index contributed by atoms with van der Waals surface area (Å²) in [5, 5.41) is 18.7. The molecular weight excluding hydrogens is 250 g/mol. The topological polar surface area (TPSA) is 111 Å². The van der Waals surface area contributed by atoms with Crippen LogP contribution in [0.1, 0.15) is 18.2 Å². The highest BCUT2D eigenvalue weighted by atomic mass is 16.5. The van der Waals surface area contributed by atoms with Gasteiger partial charge in [-0.3, -0.25) is 4.57 Å². The van der Waals surface area contributed by atoms with E-state index in [1.54, 1.807) is 0 Å². The van der Waals surface area contributed by atoms with Crippen molar-refractivity contribution in [3.05, 3.63) is 29.2 Å². The highest BCUT2D eigenvalue weighted by Gasteiger charge is 2.35. The lowest BCUT2D eigenvalue weighted by molar-refractivity contribution is -0.0458. The van der Waals surface area contributed by atoms with Gasteiger partial charge in [0, 0.05) is 19.5 Å². The van der Waals surface area contributed by atoms with Gasteiger partial charge in [-0.2, -0.15) is 4.98 Å². The molecule has 7 heteroatoms. The molecule has 0 aliphatic carbocycles. The Morgan fingerprint density at radius 1 is 1.68 bits per heavy atom. The molecule has 0 spiro atoms. The second-order valence-corrected chi connectivity index (χ2v) is 4.15. The molecule has 1 radical (unpaired) electrons. The van der Waals surface area contributed by atoms with Gasteiger partial charge in [0.25, 0.3) is 0 Å². The number of ether oxygens (including phenoxy) is 1. The maximum absolute atomic E-state index is 11.8. The van der Waals surface area contributed by atoms with E-state index in [1.807, 2.05) is 0 Å². The number of nitrogens with two attached hydrogens (primary N) is 1. The van der Waals surface area contributed by atoms with Gasteiger partial charge in [0.1, 0.15) is 18.1 Å². The van der Waals surface area contributed by atoms with Crippen LogP contribution in [-0.4, -0.2) is 38.6 Å². The van der Waals surface area contributed by atoms with Crippen molar-refractivity contribution in [3.63, 3.8) is 0 Å². The van der Waals surface area contributed by atoms with Gasteiger partial charge < -0.3 is 20.7 Å². The van der Waals surface area contributed by atoms with Crippen molar-refractivity contribution < 1.29 is 14.9 Å². The van der Waals surface area contributed by atoms with Gasteiger partial charge in [0.2, 0.25) is 0 Å². The van der Waals surface area contributed by atoms with E-state index >= 15 is 0 Å². The summed E-state index contributed by atoms with van der Waals surface area (Å²) in [6.45, 7) is 3.05. The van der Waals surface area contributed by atoms with Gasteiger partial charge in [-0.25, -0.2) is 4.79 Å². The van der Waals surface area contributed by atoms with Crippen LogP contribution in [-0.2, 0) is 4.74 Å². The van der Waals surface area contributed by atoms with Gasteiger partial charge in [0.05, 0.1) is 18.3 Å². The fraction of sp³-hybridized carbons (Fsp3) is 0.417. The third-order valence-electron chi connectivity index (χ3n) is 2.90. The second-order valence-electron chi connectivity index (χ2n) is 4.15. The van der Waals surface area contributed by atoms with Crippen LogP contribution in [0.2, 0.25) is 0 Å². The lowest BCUT2D eigenvalue weighted by Gasteiger charge is -2.14. The minimum Gasteiger partial charge on any atom is -0.394 e. The SMILES string of the molecule is [CH2]C#Cc1cn([C@H]2C[C@H](O)[C@@H](CO)O2)c(=O)nc1N. The molecule has 1 aliphatic heterocycles. The molecule has 1 aliphatic rings. The molecule has 3 atom stereocenters. The van der Waals surface area contributed by atoms with E-state index in [9.17, 15) is 9.90 Å². The Morgan fingerprint density at radius 3 is 3.00 bits per heavy atom. The molecule has 0 amide bonds. The van der Waals surface area contributed by atoms with Crippen LogP contribution in [0.15, 0.2) is 11.0 Å². The monoisotopic (exact) mass is 264 g/mol. The lowest BCUT2D eigenvalue weighted by atomic mass is 10.2. The van der Waals surface area contributed by atoms with Gasteiger partial charge in [-0.1, -0.05) is 11.8 Å². The molecule has 4 N–H and O–H groups in total. The van der Waals surface area contributed by atoms with E-state index < -0.39 is 24.1 Å². The molecule has 2 rings (SSSR count). The van der Waals surface area contributed by atoms with Crippen LogP contribution in [0.25, 0.3) is 0 Å². The average Bonchev–Trinajstić information content (AvgIpc) is 2.74. The summed E-state index contributed by atoms with van der Waals surface area (Å²) in [5.74, 6) is 5.08. The molecule has 1 aromatic rings. The zero-order valence-corrected chi connectivity index (χ0v) is 10.1. The minimum absolute atomic E-state index is 0.0228. The minimum atomic E-state index is -0.832. The highest BCUT2D eigenvalue weighted by Crippen LogP contribution is 2.27. The Morgan fingerprint density at radius 2 is 2.42 bits per heavy atom. The molecule has 1 saturated heterocycles. The quantitative estimate of drug-likeness (QED) is 0.570. The molecule has 7 nitrogen and oxygen atoms in total. The van der Waals surface area contributed by atoms with E-state index in [2.05, 4.69) is 23.7 Å². The number of rotatable bonds is 2. The van der Waals surface area contributed by atoms with Crippen LogP contribution in [0, 0.1) is 18.8 Å². The Kier molecular flexibility index (Phi) is 3.85. The Bertz CT molecular complexity index is 587. The number of hydrogen-bond acceptors (Lipinski definition) is 6. The zero-order chi connectivity index (χ0) is 14.0. The summed E-state index contributed by atoms with van der Waals surface area (Å²) >= 11 is 0. The first-order valence-electron chi connectivity index (χ1n) is 5.68. The highest BCUT2D eigenvalue weighted by molar-refractivity contribution is 5.49.